The molecule has 0 atom stereocenters. The molecule has 0 unspecified atom stereocenters. The van der Waals surface area contributed by atoms with Gasteiger partial charge in [-0.1, -0.05) is 13.3 Å². The Hall–Kier alpha value is -1.43. The van der Waals surface area contributed by atoms with Gasteiger partial charge in [0.1, 0.15) is 5.69 Å². The lowest BCUT2D eigenvalue weighted by Gasteiger charge is -2.20. The van der Waals surface area contributed by atoms with Crippen molar-refractivity contribution in [2.24, 2.45) is 5.73 Å². The summed E-state index contributed by atoms with van der Waals surface area (Å²) in [6, 6.07) is 3.36. The van der Waals surface area contributed by atoms with Gasteiger partial charge in [-0.05, 0) is 34.5 Å². The van der Waals surface area contributed by atoms with Crippen LogP contribution in [0.15, 0.2) is 22.8 Å². The van der Waals surface area contributed by atoms with Crippen molar-refractivity contribution >= 4 is 27.7 Å². The quantitative estimate of drug-likeness (QED) is 0.866. The Morgan fingerprint density at radius 3 is 2.67 bits per heavy atom. The Kier molecular flexibility index (Phi) is 5.77. The van der Waals surface area contributed by atoms with Crippen LogP contribution in [0.5, 0.6) is 0 Å². The highest BCUT2D eigenvalue weighted by molar-refractivity contribution is 9.10. The SMILES string of the molecule is CCCCN(CC(N)=O)C(=O)c1ccc(Br)cn1. The number of halogens is 1. The highest BCUT2D eigenvalue weighted by Gasteiger charge is 2.18. The van der Waals surface area contributed by atoms with E-state index in [1.807, 2.05) is 6.92 Å². The van der Waals surface area contributed by atoms with Crippen LogP contribution in [-0.4, -0.2) is 34.8 Å². The van der Waals surface area contributed by atoms with Crippen LogP contribution in [0.1, 0.15) is 30.3 Å². The maximum absolute atomic E-state index is 12.1. The van der Waals surface area contributed by atoms with Crippen LogP contribution < -0.4 is 5.73 Å². The molecule has 0 aliphatic carbocycles. The van der Waals surface area contributed by atoms with Crippen molar-refractivity contribution in [3.8, 4) is 0 Å². The second-order valence-corrected chi connectivity index (χ2v) is 4.82. The molecule has 5 nitrogen and oxygen atoms in total. The largest absolute Gasteiger partial charge is 0.368 e. The number of unbranched alkanes of at least 4 members (excludes halogenated alkanes) is 1. The number of rotatable bonds is 6. The van der Waals surface area contributed by atoms with Gasteiger partial charge in [0.25, 0.3) is 5.91 Å². The van der Waals surface area contributed by atoms with Crippen LogP contribution in [-0.2, 0) is 4.79 Å². The number of pyridine rings is 1. The van der Waals surface area contributed by atoms with Gasteiger partial charge in [0.05, 0.1) is 6.54 Å². The fourth-order valence-corrected chi connectivity index (χ4v) is 1.69. The van der Waals surface area contributed by atoms with Crippen molar-refractivity contribution in [1.29, 1.82) is 0 Å². The number of hydrogen-bond acceptors (Lipinski definition) is 3. The van der Waals surface area contributed by atoms with Gasteiger partial charge >= 0.3 is 0 Å². The molecule has 0 aliphatic rings. The first-order valence-electron chi connectivity index (χ1n) is 5.73. The molecule has 98 valence electrons. The van der Waals surface area contributed by atoms with E-state index in [1.54, 1.807) is 18.3 Å². The van der Waals surface area contributed by atoms with E-state index in [9.17, 15) is 9.59 Å². The topological polar surface area (TPSA) is 76.3 Å². The van der Waals surface area contributed by atoms with Crippen LogP contribution in [0.2, 0.25) is 0 Å². The summed E-state index contributed by atoms with van der Waals surface area (Å²) in [5.74, 6) is -0.786. The van der Waals surface area contributed by atoms with Crippen LogP contribution in [0.4, 0.5) is 0 Å². The van der Waals surface area contributed by atoms with Crippen LogP contribution in [0.3, 0.4) is 0 Å². The predicted octanol–water partition coefficient (Wildman–Crippen LogP) is 1.57. The molecular weight excluding hydrogens is 298 g/mol. The molecule has 0 saturated carbocycles. The lowest BCUT2D eigenvalue weighted by atomic mass is 10.2. The number of carbonyl (C=O) groups excluding carboxylic acids is 2. The third kappa shape index (κ3) is 4.44. The molecule has 0 radical (unpaired) electrons. The van der Waals surface area contributed by atoms with Gasteiger partial charge in [-0.25, -0.2) is 4.98 Å². The number of nitrogens with zero attached hydrogens (tertiary/aromatic N) is 2. The first-order chi connectivity index (χ1) is 8.54. The lowest BCUT2D eigenvalue weighted by molar-refractivity contribution is -0.118. The van der Waals surface area contributed by atoms with E-state index < -0.39 is 5.91 Å². The molecule has 1 rings (SSSR count). The average molecular weight is 314 g/mol. The Bertz CT molecular complexity index is 420. The zero-order chi connectivity index (χ0) is 13.5. The third-order valence-corrected chi connectivity index (χ3v) is 2.83. The Labute approximate surface area is 114 Å². The molecule has 0 bridgehead atoms. The summed E-state index contributed by atoms with van der Waals surface area (Å²) in [5, 5.41) is 0. The average Bonchev–Trinajstić information content (AvgIpc) is 2.34. The summed E-state index contributed by atoms with van der Waals surface area (Å²) < 4.78 is 0.800. The first kappa shape index (κ1) is 14.6. The molecule has 0 aromatic carbocycles. The summed E-state index contributed by atoms with van der Waals surface area (Å²) in [5.41, 5.74) is 5.46. The first-order valence-corrected chi connectivity index (χ1v) is 6.53. The number of amides is 2. The zero-order valence-electron chi connectivity index (χ0n) is 10.2. The van der Waals surface area contributed by atoms with Gasteiger partial charge < -0.3 is 10.6 Å². The van der Waals surface area contributed by atoms with E-state index in [0.29, 0.717) is 12.2 Å². The Morgan fingerprint density at radius 2 is 2.17 bits per heavy atom. The number of hydrogen-bond donors (Lipinski definition) is 1. The molecule has 0 spiro atoms. The summed E-state index contributed by atoms with van der Waals surface area (Å²) in [6.07, 6.45) is 3.32. The summed E-state index contributed by atoms with van der Waals surface area (Å²) in [6.45, 7) is 2.46. The van der Waals surface area contributed by atoms with E-state index in [2.05, 4.69) is 20.9 Å². The lowest BCUT2D eigenvalue weighted by Crippen LogP contribution is -2.39. The van der Waals surface area contributed by atoms with Gasteiger partial charge in [-0.15, -0.1) is 0 Å². The van der Waals surface area contributed by atoms with E-state index in [4.69, 9.17) is 5.73 Å². The highest BCUT2D eigenvalue weighted by Crippen LogP contribution is 2.09. The second kappa shape index (κ2) is 7.10. The Morgan fingerprint density at radius 1 is 1.44 bits per heavy atom. The number of aromatic nitrogens is 1. The number of nitrogens with two attached hydrogens (primary N) is 1. The molecule has 18 heavy (non-hydrogen) atoms. The third-order valence-electron chi connectivity index (χ3n) is 2.36. The number of primary amides is 1. The maximum Gasteiger partial charge on any atom is 0.272 e. The molecule has 0 saturated heterocycles. The minimum atomic E-state index is -0.517. The minimum absolute atomic E-state index is 0.0728. The van der Waals surface area contributed by atoms with Gasteiger partial charge in [0.15, 0.2) is 0 Å². The van der Waals surface area contributed by atoms with Crippen LogP contribution in [0, 0.1) is 0 Å². The molecule has 1 heterocycles. The molecule has 0 aliphatic heterocycles. The van der Waals surface area contributed by atoms with Crippen molar-refractivity contribution in [2.75, 3.05) is 13.1 Å². The van der Waals surface area contributed by atoms with E-state index in [0.717, 1.165) is 17.3 Å². The molecule has 2 amide bonds. The maximum atomic E-state index is 12.1. The summed E-state index contributed by atoms with van der Waals surface area (Å²) >= 11 is 3.25. The number of carbonyl (C=O) groups is 2. The molecular formula is C12H16BrN3O2. The fourth-order valence-electron chi connectivity index (χ4n) is 1.45. The molecule has 2 N–H and O–H groups in total. The van der Waals surface area contributed by atoms with Crippen molar-refractivity contribution in [2.45, 2.75) is 19.8 Å². The normalized spacial score (nSPS) is 10.1. The second-order valence-electron chi connectivity index (χ2n) is 3.91. The van der Waals surface area contributed by atoms with Crippen molar-refractivity contribution < 1.29 is 9.59 Å². The van der Waals surface area contributed by atoms with Gasteiger partial charge in [-0.3, -0.25) is 9.59 Å². The van der Waals surface area contributed by atoms with Gasteiger partial charge in [0, 0.05) is 17.2 Å². The fraction of sp³-hybridized carbons (Fsp3) is 0.417. The van der Waals surface area contributed by atoms with E-state index >= 15 is 0 Å². The minimum Gasteiger partial charge on any atom is -0.368 e. The molecule has 1 aromatic rings. The van der Waals surface area contributed by atoms with E-state index in [-0.39, 0.29) is 12.5 Å². The Balaban J connectivity index is 2.80. The molecule has 0 fully saturated rings. The predicted molar refractivity (Wildman–Crippen MR) is 71.9 cm³/mol. The van der Waals surface area contributed by atoms with Crippen LogP contribution >= 0.6 is 15.9 Å². The molecule has 1 aromatic heterocycles. The summed E-state index contributed by atoms with van der Waals surface area (Å²) in [4.78, 5) is 28.6. The van der Waals surface area contributed by atoms with Crippen LogP contribution in [0.25, 0.3) is 0 Å². The summed E-state index contributed by atoms with van der Waals surface area (Å²) in [7, 11) is 0. The van der Waals surface area contributed by atoms with E-state index in [1.165, 1.54) is 4.90 Å². The molecule has 6 heteroatoms. The highest BCUT2D eigenvalue weighted by atomic mass is 79.9. The van der Waals surface area contributed by atoms with Crippen molar-refractivity contribution in [3.63, 3.8) is 0 Å². The van der Waals surface area contributed by atoms with Crippen molar-refractivity contribution in [3.05, 3.63) is 28.5 Å². The smallest absolute Gasteiger partial charge is 0.272 e. The van der Waals surface area contributed by atoms with Crippen molar-refractivity contribution in [1.82, 2.24) is 9.88 Å². The monoisotopic (exact) mass is 313 g/mol. The van der Waals surface area contributed by atoms with Gasteiger partial charge in [-0.2, -0.15) is 0 Å². The standard InChI is InChI=1S/C12H16BrN3O2/c1-2-3-6-16(8-11(14)17)12(18)10-5-4-9(13)7-15-10/h4-5,7H,2-3,6,8H2,1H3,(H2,14,17). The van der Waals surface area contributed by atoms with Gasteiger partial charge in [0.2, 0.25) is 5.91 Å². The zero-order valence-corrected chi connectivity index (χ0v) is 11.8.